The second-order valence-corrected chi connectivity index (χ2v) is 4.83. The fourth-order valence-electron chi connectivity index (χ4n) is 2.08. The molecule has 3 rings (SSSR count). The van der Waals surface area contributed by atoms with Crippen LogP contribution < -0.4 is 5.32 Å². The number of hydrogen-bond acceptors (Lipinski definition) is 2. The molecule has 0 unspecified atom stereocenters. The predicted molar refractivity (Wildman–Crippen MR) is 83.2 cm³/mol. The molecular weight excluding hydrogens is 262 g/mol. The Morgan fingerprint density at radius 1 is 1.05 bits per heavy atom. The van der Waals surface area contributed by atoms with E-state index in [0.717, 1.165) is 22.6 Å². The van der Waals surface area contributed by atoms with Crippen LogP contribution in [-0.2, 0) is 0 Å². The molecule has 2 N–H and O–H groups in total. The van der Waals surface area contributed by atoms with E-state index < -0.39 is 0 Å². The summed E-state index contributed by atoms with van der Waals surface area (Å²) in [5, 5.41) is 10.0. The van der Waals surface area contributed by atoms with Crippen LogP contribution in [0.1, 0.15) is 16.1 Å². The zero-order valence-corrected chi connectivity index (χ0v) is 11.6. The van der Waals surface area contributed by atoms with Crippen molar-refractivity contribution in [3.63, 3.8) is 0 Å². The molecule has 1 amide bonds. The monoisotopic (exact) mass is 277 g/mol. The van der Waals surface area contributed by atoms with Gasteiger partial charge in [0.2, 0.25) is 0 Å². The minimum atomic E-state index is -0.112. The summed E-state index contributed by atoms with van der Waals surface area (Å²) in [5.41, 5.74) is 4.33. The zero-order valence-electron chi connectivity index (χ0n) is 11.6. The van der Waals surface area contributed by atoms with E-state index in [1.807, 2.05) is 55.5 Å². The van der Waals surface area contributed by atoms with Gasteiger partial charge in [0.05, 0.1) is 5.69 Å². The second-order valence-electron chi connectivity index (χ2n) is 4.83. The largest absolute Gasteiger partial charge is 0.322 e. The van der Waals surface area contributed by atoms with Crippen LogP contribution >= 0.6 is 0 Å². The van der Waals surface area contributed by atoms with E-state index in [0.29, 0.717) is 5.56 Å². The number of aromatic nitrogens is 2. The molecule has 0 atom stereocenters. The Labute approximate surface area is 122 Å². The van der Waals surface area contributed by atoms with E-state index in [9.17, 15) is 4.79 Å². The molecule has 0 fully saturated rings. The van der Waals surface area contributed by atoms with E-state index in [4.69, 9.17) is 0 Å². The molecule has 0 spiro atoms. The smallest absolute Gasteiger partial charge is 0.255 e. The van der Waals surface area contributed by atoms with Crippen LogP contribution in [0.4, 0.5) is 5.69 Å². The van der Waals surface area contributed by atoms with Crippen molar-refractivity contribution in [1.29, 1.82) is 0 Å². The lowest BCUT2D eigenvalue weighted by Gasteiger charge is -2.05. The maximum atomic E-state index is 12.0. The number of nitrogens with one attached hydrogen (secondary N) is 2. The zero-order chi connectivity index (χ0) is 14.7. The van der Waals surface area contributed by atoms with Gasteiger partial charge in [-0.05, 0) is 37.3 Å². The van der Waals surface area contributed by atoms with Gasteiger partial charge in [-0.25, -0.2) is 0 Å². The Balaban J connectivity index is 1.74. The van der Waals surface area contributed by atoms with Gasteiger partial charge in [-0.15, -0.1) is 0 Å². The normalized spacial score (nSPS) is 10.3. The summed E-state index contributed by atoms with van der Waals surface area (Å²) in [4.78, 5) is 12.0. The molecule has 2 aromatic carbocycles. The lowest BCUT2D eigenvalue weighted by Crippen LogP contribution is -2.11. The minimum absolute atomic E-state index is 0.112. The van der Waals surface area contributed by atoms with Gasteiger partial charge in [-0.1, -0.05) is 30.3 Å². The standard InChI is InChI=1S/C17H15N3O/c1-12-11-16(20-19-12)13-7-9-15(10-8-13)18-17(21)14-5-3-2-4-6-14/h2-11H,1H3,(H,18,21)(H,19,20). The van der Waals surface area contributed by atoms with Gasteiger partial charge in [0, 0.05) is 22.5 Å². The van der Waals surface area contributed by atoms with Gasteiger partial charge >= 0.3 is 0 Å². The predicted octanol–water partition coefficient (Wildman–Crippen LogP) is 3.64. The van der Waals surface area contributed by atoms with Crippen LogP contribution in [0.3, 0.4) is 0 Å². The van der Waals surface area contributed by atoms with Gasteiger partial charge in [-0.2, -0.15) is 5.10 Å². The summed E-state index contributed by atoms with van der Waals surface area (Å²) >= 11 is 0. The van der Waals surface area contributed by atoms with Crippen molar-refractivity contribution in [3.8, 4) is 11.3 Å². The first-order chi connectivity index (χ1) is 10.2. The Bertz CT molecular complexity index is 745. The second kappa shape index (κ2) is 5.63. The van der Waals surface area contributed by atoms with E-state index in [1.54, 1.807) is 12.1 Å². The third-order valence-corrected chi connectivity index (χ3v) is 3.18. The van der Waals surface area contributed by atoms with Crippen LogP contribution in [0.15, 0.2) is 60.7 Å². The molecule has 1 aromatic heterocycles. The molecule has 0 aliphatic rings. The van der Waals surface area contributed by atoms with E-state index >= 15 is 0 Å². The number of rotatable bonds is 3. The molecule has 0 bridgehead atoms. The van der Waals surface area contributed by atoms with Crippen LogP contribution in [0.25, 0.3) is 11.3 Å². The lowest BCUT2D eigenvalue weighted by molar-refractivity contribution is 0.102. The van der Waals surface area contributed by atoms with E-state index in [2.05, 4.69) is 15.5 Å². The SMILES string of the molecule is Cc1cc(-c2ccc(NC(=O)c3ccccc3)cc2)n[nH]1. The Morgan fingerprint density at radius 2 is 1.76 bits per heavy atom. The summed E-state index contributed by atoms with van der Waals surface area (Å²) in [6.07, 6.45) is 0. The maximum absolute atomic E-state index is 12.0. The highest BCUT2D eigenvalue weighted by Crippen LogP contribution is 2.20. The number of benzene rings is 2. The Morgan fingerprint density at radius 3 is 2.38 bits per heavy atom. The number of nitrogens with zero attached hydrogens (tertiary/aromatic N) is 1. The first kappa shape index (κ1) is 13.1. The molecule has 0 saturated heterocycles. The highest BCUT2D eigenvalue weighted by atomic mass is 16.1. The average Bonchev–Trinajstić information content (AvgIpc) is 2.95. The number of aromatic amines is 1. The fraction of sp³-hybridized carbons (Fsp3) is 0.0588. The third kappa shape index (κ3) is 3.00. The molecule has 4 heteroatoms. The molecule has 4 nitrogen and oxygen atoms in total. The number of amides is 1. The van der Waals surface area contributed by atoms with Gasteiger partial charge < -0.3 is 5.32 Å². The van der Waals surface area contributed by atoms with Crippen molar-refractivity contribution in [3.05, 3.63) is 71.9 Å². The van der Waals surface area contributed by atoms with Crippen molar-refractivity contribution in [1.82, 2.24) is 10.2 Å². The topological polar surface area (TPSA) is 57.8 Å². The van der Waals surface area contributed by atoms with Crippen molar-refractivity contribution >= 4 is 11.6 Å². The summed E-state index contributed by atoms with van der Waals surface area (Å²) in [5.74, 6) is -0.112. The number of carbonyl (C=O) groups excluding carboxylic acids is 1. The minimum Gasteiger partial charge on any atom is -0.322 e. The molecule has 3 aromatic rings. The summed E-state index contributed by atoms with van der Waals surface area (Å²) in [7, 11) is 0. The van der Waals surface area contributed by atoms with Crippen LogP contribution in [0.5, 0.6) is 0 Å². The van der Waals surface area contributed by atoms with Gasteiger partial charge in [-0.3, -0.25) is 9.89 Å². The van der Waals surface area contributed by atoms with E-state index in [1.165, 1.54) is 0 Å². The van der Waals surface area contributed by atoms with Crippen molar-refractivity contribution < 1.29 is 4.79 Å². The van der Waals surface area contributed by atoms with Crippen LogP contribution in [0, 0.1) is 6.92 Å². The van der Waals surface area contributed by atoms with Gasteiger partial charge in [0.25, 0.3) is 5.91 Å². The molecule has 0 aliphatic heterocycles. The molecular formula is C17H15N3O. The Hall–Kier alpha value is -2.88. The maximum Gasteiger partial charge on any atom is 0.255 e. The highest BCUT2D eigenvalue weighted by Gasteiger charge is 2.06. The van der Waals surface area contributed by atoms with Gasteiger partial charge in [0.1, 0.15) is 0 Å². The Kier molecular flexibility index (Phi) is 3.51. The molecule has 21 heavy (non-hydrogen) atoms. The lowest BCUT2D eigenvalue weighted by atomic mass is 10.1. The number of anilines is 1. The molecule has 1 heterocycles. The molecule has 0 radical (unpaired) electrons. The molecule has 0 saturated carbocycles. The number of hydrogen-bond donors (Lipinski definition) is 2. The summed E-state index contributed by atoms with van der Waals surface area (Å²) < 4.78 is 0. The van der Waals surface area contributed by atoms with Crippen molar-refractivity contribution in [2.45, 2.75) is 6.92 Å². The first-order valence-corrected chi connectivity index (χ1v) is 6.71. The quantitative estimate of drug-likeness (QED) is 0.768. The number of carbonyl (C=O) groups is 1. The van der Waals surface area contributed by atoms with Crippen molar-refractivity contribution in [2.75, 3.05) is 5.32 Å². The summed E-state index contributed by atoms with van der Waals surface area (Å²) in [6, 6.07) is 18.8. The first-order valence-electron chi connectivity index (χ1n) is 6.71. The van der Waals surface area contributed by atoms with Crippen LogP contribution in [-0.4, -0.2) is 16.1 Å². The van der Waals surface area contributed by atoms with Crippen LogP contribution in [0.2, 0.25) is 0 Å². The van der Waals surface area contributed by atoms with Crippen molar-refractivity contribution in [2.24, 2.45) is 0 Å². The number of H-pyrrole nitrogens is 1. The fourth-order valence-corrected chi connectivity index (χ4v) is 2.08. The molecule has 0 aliphatic carbocycles. The third-order valence-electron chi connectivity index (χ3n) is 3.18. The summed E-state index contributed by atoms with van der Waals surface area (Å²) in [6.45, 7) is 1.96. The average molecular weight is 277 g/mol. The van der Waals surface area contributed by atoms with E-state index in [-0.39, 0.29) is 5.91 Å². The highest BCUT2D eigenvalue weighted by molar-refractivity contribution is 6.04. The molecule has 104 valence electrons. The van der Waals surface area contributed by atoms with Gasteiger partial charge in [0.15, 0.2) is 0 Å². The number of aryl methyl sites for hydroxylation is 1.